The van der Waals surface area contributed by atoms with Gasteiger partial charge in [-0.15, -0.1) is 0 Å². The monoisotopic (exact) mass is 449 g/mol. The van der Waals surface area contributed by atoms with Crippen molar-refractivity contribution in [2.45, 2.75) is 20.0 Å². The number of carbonyl (C=O) groups is 2. The number of rotatable bonds is 10. The fraction of sp³-hybridized carbons (Fsp3) is 0.346. The molecule has 172 valence electrons. The first-order chi connectivity index (χ1) is 15.9. The lowest BCUT2D eigenvalue weighted by atomic mass is 10.1. The minimum Gasteiger partial charge on any atom is -0.460 e. The average Bonchev–Trinajstić information content (AvgIpc) is 3.37. The van der Waals surface area contributed by atoms with Crippen molar-refractivity contribution in [1.82, 2.24) is 0 Å². The number of allylic oxidation sites excluding steroid dienone is 1. The van der Waals surface area contributed by atoms with E-state index in [4.69, 9.17) is 18.9 Å². The summed E-state index contributed by atoms with van der Waals surface area (Å²) < 4.78 is 21.2. The first kappa shape index (κ1) is 24.0. The van der Waals surface area contributed by atoms with Gasteiger partial charge in [-0.3, -0.25) is 4.79 Å². The maximum absolute atomic E-state index is 12.8. The van der Waals surface area contributed by atoms with E-state index in [1.807, 2.05) is 50.2 Å². The molecule has 1 fully saturated rings. The molecule has 0 heterocycles. The number of benzene rings is 2. The molecular formula is C26H27NO6. The van der Waals surface area contributed by atoms with Crippen LogP contribution in [-0.2, 0) is 23.8 Å². The van der Waals surface area contributed by atoms with Crippen molar-refractivity contribution in [2.75, 3.05) is 20.3 Å². The number of hydrogen-bond donors (Lipinski definition) is 0. The quantitative estimate of drug-likeness (QED) is 0.297. The second-order valence-electron chi connectivity index (χ2n) is 8.28. The Labute approximate surface area is 193 Å². The van der Waals surface area contributed by atoms with Gasteiger partial charge in [0.25, 0.3) is 0 Å². The lowest BCUT2D eigenvalue weighted by Gasteiger charge is -2.13. The fourth-order valence-electron chi connectivity index (χ4n) is 3.67. The van der Waals surface area contributed by atoms with Crippen molar-refractivity contribution in [3.05, 3.63) is 72.3 Å². The van der Waals surface area contributed by atoms with Gasteiger partial charge in [0.2, 0.25) is 6.10 Å². The zero-order valence-corrected chi connectivity index (χ0v) is 18.9. The van der Waals surface area contributed by atoms with E-state index in [0.717, 1.165) is 0 Å². The predicted molar refractivity (Wildman–Crippen MR) is 120 cm³/mol. The number of carbonyl (C=O) groups excluding carboxylic acids is 2. The third kappa shape index (κ3) is 6.21. The molecule has 3 rings (SSSR count). The van der Waals surface area contributed by atoms with Crippen molar-refractivity contribution in [3.8, 4) is 17.6 Å². The summed E-state index contributed by atoms with van der Waals surface area (Å²) in [4.78, 5) is 24.6. The van der Waals surface area contributed by atoms with Gasteiger partial charge in [0.1, 0.15) is 24.2 Å². The lowest BCUT2D eigenvalue weighted by molar-refractivity contribution is -0.149. The van der Waals surface area contributed by atoms with Crippen LogP contribution < -0.4 is 4.74 Å². The van der Waals surface area contributed by atoms with Gasteiger partial charge >= 0.3 is 11.9 Å². The highest BCUT2D eigenvalue weighted by Gasteiger charge is 2.61. The third-order valence-corrected chi connectivity index (χ3v) is 5.63. The van der Waals surface area contributed by atoms with Crippen molar-refractivity contribution in [1.29, 1.82) is 5.26 Å². The Hall–Kier alpha value is -3.63. The first-order valence-corrected chi connectivity index (χ1v) is 10.6. The summed E-state index contributed by atoms with van der Waals surface area (Å²) in [6, 6.07) is 18.2. The van der Waals surface area contributed by atoms with Gasteiger partial charge in [0.15, 0.2) is 0 Å². The molecule has 0 bridgehead atoms. The summed E-state index contributed by atoms with van der Waals surface area (Å²) in [5.74, 6) is -0.424. The van der Waals surface area contributed by atoms with Gasteiger partial charge in [-0.1, -0.05) is 50.3 Å². The minimum absolute atomic E-state index is 0.163. The molecule has 2 aromatic carbocycles. The van der Waals surface area contributed by atoms with Crippen LogP contribution in [0, 0.1) is 28.6 Å². The van der Waals surface area contributed by atoms with Crippen molar-refractivity contribution < 1.29 is 28.5 Å². The lowest BCUT2D eigenvalue weighted by Crippen LogP contribution is -2.14. The number of methoxy groups -OCH3 is 1. The zero-order chi connectivity index (χ0) is 23.8. The molecule has 0 amide bonds. The van der Waals surface area contributed by atoms with Crippen molar-refractivity contribution >= 4 is 11.9 Å². The Kier molecular flexibility index (Phi) is 7.86. The smallest absolute Gasteiger partial charge is 0.330 e. The van der Waals surface area contributed by atoms with E-state index in [1.54, 1.807) is 30.3 Å². The molecular weight excluding hydrogens is 422 g/mol. The predicted octanol–water partition coefficient (Wildman–Crippen LogP) is 4.60. The van der Waals surface area contributed by atoms with E-state index in [1.165, 1.54) is 13.2 Å². The Morgan fingerprint density at radius 1 is 1.09 bits per heavy atom. The van der Waals surface area contributed by atoms with E-state index >= 15 is 0 Å². The third-order valence-electron chi connectivity index (χ3n) is 5.63. The maximum atomic E-state index is 12.8. The van der Waals surface area contributed by atoms with E-state index < -0.39 is 29.4 Å². The number of hydrogen-bond acceptors (Lipinski definition) is 7. The Bertz CT molecular complexity index is 1040. The van der Waals surface area contributed by atoms with Crippen LogP contribution in [0.15, 0.2) is 66.7 Å². The summed E-state index contributed by atoms with van der Waals surface area (Å²) in [5, 5.41) is 9.63. The zero-order valence-electron chi connectivity index (χ0n) is 18.9. The SMILES string of the molecule is COCCOC(=O)/C=C\[C@H]1[C@@H](C(=O)O[C@H](C#N)c2cccc(Oc3ccccc3)c2)C1(C)C. The van der Waals surface area contributed by atoms with E-state index in [-0.39, 0.29) is 12.5 Å². The Morgan fingerprint density at radius 3 is 2.52 bits per heavy atom. The molecule has 7 heteroatoms. The normalized spacial score (nSPS) is 19.3. The Balaban J connectivity index is 1.62. The van der Waals surface area contributed by atoms with Crippen LogP contribution >= 0.6 is 0 Å². The molecule has 33 heavy (non-hydrogen) atoms. The van der Waals surface area contributed by atoms with Crippen molar-refractivity contribution in [2.24, 2.45) is 17.3 Å². The summed E-state index contributed by atoms with van der Waals surface area (Å²) in [6.07, 6.45) is 1.91. The second kappa shape index (κ2) is 10.8. The number of esters is 2. The average molecular weight is 450 g/mol. The molecule has 1 aliphatic rings. The fourth-order valence-corrected chi connectivity index (χ4v) is 3.67. The van der Waals surface area contributed by atoms with E-state index in [2.05, 4.69) is 0 Å². The van der Waals surface area contributed by atoms with Gasteiger partial charge in [-0.05, 0) is 35.6 Å². The molecule has 7 nitrogen and oxygen atoms in total. The molecule has 0 saturated heterocycles. The highest BCUT2D eigenvalue weighted by molar-refractivity contribution is 5.83. The molecule has 3 atom stereocenters. The molecule has 2 aromatic rings. The van der Waals surface area contributed by atoms with Crippen LogP contribution in [0.1, 0.15) is 25.5 Å². The largest absolute Gasteiger partial charge is 0.460 e. The van der Waals surface area contributed by atoms with Gasteiger partial charge < -0.3 is 18.9 Å². The molecule has 1 saturated carbocycles. The summed E-state index contributed by atoms with van der Waals surface area (Å²) in [6.45, 7) is 4.31. The van der Waals surface area contributed by atoms with Crippen LogP contribution in [0.5, 0.6) is 11.5 Å². The highest BCUT2D eigenvalue weighted by atomic mass is 16.6. The number of ether oxygens (including phenoxy) is 4. The van der Waals surface area contributed by atoms with Crippen LogP contribution in [0.4, 0.5) is 0 Å². The molecule has 0 radical (unpaired) electrons. The van der Waals surface area contributed by atoms with Crippen LogP contribution in [0.2, 0.25) is 0 Å². The summed E-state index contributed by atoms with van der Waals surface area (Å²) in [7, 11) is 1.52. The molecule has 0 N–H and O–H groups in total. The maximum Gasteiger partial charge on any atom is 0.330 e. The van der Waals surface area contributed by atoms with E-state index in [9.17, 15) is 14.9 Å². The molecule has 0 aliphatic heterocycles. The van der Waals surface area contributed by atoms with Gasteiger partial charge in [-0.25, -0.2) is 4.79 Å². The first-order valence-electron chi connectivity index (χ1n) is 10.6. The van der Waals surface area contributed by atoms with Crippen LogP contribution in [0.3, 0.4) is 0 Å². The van der Waals surface area contributed by atoms with Crippen LogP contribution in [-0.4, -0.2) is 32.3 Å². The Morgan fingerprint density at radius 2 is 1.82 bits per heavy atom. The van der Waals surface area contributed by atoms with Gasteiger partial charge in [0, 0.05) is 18.7 Å². The topological polar surface area (TPSA) is 94.9 Å². The number of nitrogens with zero attached hydrogens (tertiary/aromatic N) is 1. The minimum atomic E-state index is -1.07. The second-order valence-corrected chi connectivity index (χ2v) is 8.28. The standard InChI is InChI=1S/C26H27NO6/c1-26(2)21(12-13-23(28)31-15-14-30-3)24(26)25(29)33-22(17-27)18-8-7-11-20(16-18)32-19-9-5-4-6-10-19/h4-13,16,21-22,24H,14-15H2,1-3H3/b13-12-/t21-,22+,24-/m0/s1. The molecule has 0 unspecified atom stereocenters. The molecule has 0 spiro atoms. The number of para-hydroxylation sites is 1. The van der Waals surface area contributed by atoms with Crippen molar-refractivity contribution in [3.63, 3.8) is 0 Å². The number of nitriles is 1. The van der Waals surface area contributed by atoms with E-state index in [0.29, 0.717) is 23.7 Å². The molecule has 1 aliphatic carbocycles. The van der Waals surface area contributed by atoms with Gasteiger partial charge in [0.05, 0.1) is 12.5 Å². The van der Waals surface area contributed by atoms with Gasteiger partial charge in [-0.2, -0.15) is 5.26 Å². The van der Waals surface area contributed by atoms with Crippen LogP contribution in [0.25, 0.3) is 0 Å². The summed E-state index contributed by atoms with van der Waals surface area (Å²) in [5.41, 5.74) is 0.130. The summed E-state index contributed by atoms with van der Waals surface area (Å²) >= 11 is 0. The highest BCUT2D eigenvalue weighted by Crippen LogP contribution is 2.59. The molecule has 0 aromatic heterocycles.